The van der Waals surface area contributed by atoms with Gasteiger partial charge in [-0.3, -0.25) is 4.99 Å². The molecule has 0 heterocycles. The monoisotopic (exact) mass is 283 g/mol. The molecule has 0 amide bonds. The first kappa shape index (κ1) is 15.1. The third-order valence-corrected chi connectivity index (χ3v) is 3.39. The van der Waals surface area contributed by atoms with Crippen molar-refractivity contribution in [3.8, 4) is 11.5 Å². The fourth-order valence-electron chi connectivity index (χ4n) is 2.16. The molecule has 0 saturated carbocycles. The van der Waals surface area contributed by atoms with Crippen LogP contribution in [0.3, 0.4) is 0 Å². The maximum absolute atomic E-state index is 5.31. The summed E-state index contributed by atoms with van der Waals surface area (Å²) in [5.74, 6) is 1.52. The predicted octanol–water partition coefficient (Wildman–Crippen LogP) is 3.76. The minimum atomic E-state index is 0.755. The van der Waals surface area contributed by atoms with Gasteiger partial charge in [-0.2, -0.15) is 0 Å². The number of ether oxygens (including phenoxy) is 2. The number of aliphatic imine (C=N–C) groups is 1. The zero-order valence-electron chi connectivity index (χ0n) is 12.8. The predicted molar refractivity (Wildman–Crippen MR) is 86.8 cm³/mol. The van der Waals surface area contributed by atoms with Crippen LogP contribution in [0, 0.1) is 0 Å². The molecule has 0 spiro atoms. The molecule has 0 radical (unpaired) electrons. The lowest BCUT2D eigenvalue weighted by atomic mass is 10.1. The number of hydrogen-bond donors (Lipinski definition) is 0. The van der Waals surface area contributed by atoms with E-state index in [9.17, 15) is 0 Å². The minimum Gasteiger partial charge on any atom is -0.493 e. The van der Waals surface area contributed by atoms with Crippen molar-refractivity contribution in [3.05, 3.63) is 59.7 Å². The fourth-order valence-corrected chi connectivity index (χ4v) is 2.16. The van der Waals surface area contributed by atoms with Crippen LogP contribution in [0.2, 0.25) is 0 Å². The standard InChI is InChI=1S/C18H21NO2/c1-14(16-7-5-4-6-8-16)19-12-11-15-9-10-17(20-2)18(13-15)21-3/h4-10,13H,11-12H2,1-3H3. The number of methoxy groups -OCH3 is 2. The van der Waals surface area contributed by atoms with Crippen LogP contribution in [-0.4, -0.2) is 26.5 Å². The van der Waals surface area contributed by atoms with Crippen LogP contribution in [0.25, 0.3) is 0 Å². The summed E-state index contributed by atoms with van der Waals surface area (Å²) in [4.78, 5) is 4.63. The summed E-state index contributed by atoms with van der Waals surface area (Å²) >= 11 is 0. The van der Waals surface area contributed by atoms with Crippen molar-refractivity contribution in [2.45, 2.75) is 13.3 Å². The van der Waals surface area contributed by atoms with Crippen molar-refractivity contribution >= 4 is 5.71 Å². The van der Waals surface area contributed by atoms with Crippen LogP contribution < -0.4 is 9.47 Å². The number of rotatable bonds is 6. The van der Waals surface area contributed by atoms with Gasteiger partial charge in [0.1, 0.15) is 0 Å². The van der Waals surface area contributed by atoms with Crippen molar-refractivity contribution in [1.29, 1.82) is 0 Å². The molecule has 3 nitrogen and oxygen atoms in total. The topological polar surface area (TPSA) is 30.8 Å². The van der Waals surface area contributed by atoms with Gasteiger partial charge in [-0.25, -0.2) is 0 Å². The summed E-state index contributed by atoms with van der Waals surface area (Å²) in [6.07, 6.45) is 0.879. The highest BCUT2D eigenvalue weighted by Gasteiger charge is 2.04. The summed E-state index contributed by atoms with van der Waals surface area (Å²) in [6.45, 7) is 2.81. The van der Waals surface area contributed by atoms with Crippen molar-refractivity contribution in [1.82, 2.24) is 0 Å². The second-order valence-corrected chi connectivity index (χ2v) is 4.77. The van der Waals surface area contributed by atoms with E-state index in [1.165, 1.54) is 11.1 Å². The first-order valence-corrected chi connectivity index (χ1v) is 7.02. The molecule has 110 valence electrons. The van der Waals surface area contributed by atoms with Crippen molar-refractivity contribution in [2.75, 3.05) is 20.8 Å². The van der Waals surface area contributed by atoms with Crippen LogP contribution in [0.4, 0.5) is 0 Å². The van der Waals surface area contributed by atoms with E-state index >= 15 is 0 Å². The summed E-state index contributed by atoms with van der Waals surface area (Å²) in [5.41, 5.74) is 3.43. The first-order valence-electron chi connectivity index (χ1n) is 7.02. The van der Waals surface area contributed by atoms with E-state index in [1.54, 1.807) is 14.2 Å². The summed E-state index contributed by atoms with van der Waals surface area (Å²) in [7, 11) is 3.30. The Morgan fingerprint density at radius 3 is 2.33 bits per heavy atom. The average molecular weight is 283 g/mol. The number of nitrogens with zero attached hydrogens (tertiary/aromatic N) is 1. The number of hydrogen-bond acceptors (Lipinski definition) is 3. The highest BCUT2D eigenvalue weighted by atomic mass is 16.5. The number of benzene rings is 2. The van der Waals surface area contributed by atoms with E-state index in [4.69, 9.17) is 9.47 Å². The smallest absolute Gasteiger partial charge is 0.160 e. The molecule has 0 N–H and O–H groups in total. The Bertz CT molecular complexity index is 606. The molecule has 2 rings (SSSR count). The largest absolute Gasteiger partial charge is 0.493 e. The normalized spacial score (nSPS) is 11.3. The van der Waals surface area contributed by atoms with Crippen LogP contribution in [0.1, 0.15) is 18.1 Å². The van der Waals surface area contributed by atoms with Gasteiger partial charge in [0.15, 0.2) is 11.5 Å². The fraction of sp³-hybridized carbons (Fsp3) is 0.278. The molecule has 0 aliphatic heterocycles. The van der Waals surface area contributed by atoms with E-state index in [1.807, 2.05) is 37.3 Å². The molecule has 0 atom stereocenters. The quantitative estimate of drug-likeness (QED) is 0.756. The summed E-state index contributed by atoms with van der Waals surface area (Å²) in [6, 6.07) is 16.2. The van der Waals surface area contributed by atoms with E-state index in [2.05, 4.69) is 23.2 Å². The molecule has 0 aromatic heterocycles. The molecule has 0 saturated heterocycles. The highest BCUT2D eigenvalue weighted by Crippen LogP contribution is 2.27. The molecule has 21 heavy (non-hydrogen) atoms. The van der Waals surface area contributed by atoms with E-state index in [0.29, 0.717) is 0 Å². The molecular weight excluding hydrogens is 262 g/mol. The molecule has 0 aliphatic rings. The van der Waals surface area contributed by atoms with Gasteiger partial charge in [0.25, 0.3) is 0 Å². The van der Waals surface area contributed by atoms with Gasteiger partial charge in [-0.1, -0.05) is 36.4 Å². The molecule has 2 aromatic rings. The Balaban J connectivity index is 2.00. The minimum absolute atomic E-state index is 0.755. The molecule has 0 bridgehead atoms. The van der Waals surface area contributed by atoms with E-state index in [-0.39, 0.29) is 0 Å². The Morgan fingerprint density at radius 2 is 1.67 bits per heavy atom. The Morgan fingerprint density at radius 1 is 0.952 bits per heavy atom. The van der Waals surface area contributed by atoms with Crippen LogP contribution in [0.5, 0.6) is 11.5 Å². The molecular formula is C18H21NO2. The third-order valence-electron chi connectivity index (χ3n) is 3.39. The molecule has 0 aliphatic carbocycles. The lowest BCUT2D eigenvalue weighted by Crippen LogP contribution is -1.99. The average Bonchev–Trinajstić information content (AvgIpc) is 2.55. The molecule has 0 fully saturated rings. The van der Waals surface area contributed by atoms with Gasteiger partial charge in [0.2, 0.25) is 0 Å². The van der Waals surface area contributed by atoms with Crippen LogP contribution >= 0.6 is 0 Å². The lowest BCUT2D eigenvalue weighted by molar-refractivity contribution is 0.354. The van der Waals surface area contributed by atoms with Gasteiger partial charge in [0.05, 0.1) is 14.2 Å². The highest BCUT2D eigenvalue weighted by molar-refractivity contribution is 5.98. The maximum Gasteiger partial charge on any atom is 0.160 e. The zero-order chi connectivity index (χ0) is 15.1. The van der Waals surface area contributed by atoms with Gasteiger partial charge >= 0.3 is 0 Å². The summed E-state index contributed by atoms with van der Waals surface area (Å²) in [5, 5.41) is 0. The Labute approximate surface area is 126 Å². The van der Waals surface area contributed by atoms with Crippen molar-refractivity contribution < 1.29 is 9.47 Å². The summed E-state index contributed by atoms with van der Waals surface area (Å²) < 4.78 is 10.6. The van der Waals surface area contributed by atoms with E-state index in [0.717, 1.165) is 30.2 Å². The maximum atomic E-state index is 5.31. The van der Waals surface area contributed by atoms with Gasteiger partial charge in [0, 0.05) is 12.3 Å². The third kappa shape index (κ3) is 4.09. The zero-order valence-corrected chi connectivity index (χ0v) is 12.8. The SMILES string of the molecule is COc1ccc(CCN=C(C)c2ccccc2)cc1OC. The van der Waals surface area contributed by atoms with Gasteiger partial charge in [-0.15, -0.1) is 0 Å². The van der Waals surface area contributed by atoms with Crippen molar-refractivity contribution in [2.24, 2.45) is 4.99 Å². The van der Waals surface area contributed by atoms with Gasteiger partial charge < -0.3 is 9.47 Å². The molecule has 2 aromatic carbocycles. The first-order chi connectivity index (χ1) is 10.2. The van der Waals surface area contributed by atoms with Crippen molar-refractivity contribution in [3.63, 3.8) is 0 Å². The van der Waals surface area contributed by atoms with Crippen LogP contribution in [0.15, 0.2) is 53.5 Å². The molecule has 0 unspecified atom stereocenters. The Kier molecular flexibility index (Phi) is 5.38. The van der Waals surface area contributed by atoms with E-state index < -0.39 is 0 Å². The van der Waals surface area contributed by atoms with Crippen LogP contribution in [-0.2, 0) is 6.42 Å². The van der Waals surface area contributed by atoms with Gasteiger partial charge in [-0.05, 0) is 36.6 Å². The second-order valence-electron chi connectivity index (χ2n) is 4.77. The lowest BCUT2D eigenvalue weighted by Gasteiger charge is -2.09. The second kappa shape index (κ2) is 7.48. The Hall–Kier alpha value is -2.29. The molecule has 3 heteroatoms.